The van der Waals surface area contributed by atoms with Gasteiger partial charge in [0.2, 0.25) is 0 Å². The van der Waals surface area contributed by atoms with Gasteiger partial charge >= 0.3 is 0 Å². The molecule has 0 aliphatic heterocycles. The Morgan fingerprint density at radius 1 is 1.62 bits per heavy atom. The van der Waals surface area contributed by atoms with Gasteiger partial charge in [-0.15, -0.1) is 0 Å². The maximum absolute atomic E-state index is 7.79. The van der Waals surface area contributed by atoms with Gasteiger partial charge in [0.15, 0.2) is 0 Å². The standard InChI is InChI=1S/C4H5N.C3H8/c1-4(2)3-5;1-3-2/h1H2,2H3;3H2,1-2H3. The molecule has 0 aromatic carbocycles. The minimum atomic E-state index is 0.560. The monoisotopic (exact) mass is 111 g/mol. The third-order valence-corrected chi connectivity index (χ3v) is 0.191. The Morgan fingerprint density at radius 2 is 1.75 bits per heavy atom. The van der Waals surface area contributed by atoms with E-state index in [0.717, 1.165) is 0 Å². The molecule has 0 atom stereocenters. The highest BCUT2D eigenvalue weighted by atomic mass is 14.2. The molecule has 0 aliphatic carbocycles. The van der Waals surface area contributed by atoms with Gasteiger partial charge in [-0.1, -0.05) is 26.8 Å². The summed E-state index contributed by atoms with van der Waals surface area (Å²) in [5, 5.41) is 7.79. The van der Waals surface area contributed by atoms with Gasteiger partial charge in [0.1, 0.15) is 0 Å². The second-order valence-corrected chi connectivity index (χ2v) is 1.60. The van der Waals surface area contributed by atoms with Crippen molar-refractivity contribution < 1.29 is 0 Å². The summed E-state index contributed by atoms with van der Waals surface area (Å²) in [6.45, 7) is 9.23. The molecule has 0 radical (unpaired) electrons. The highest BCUT2D eigenvalue weighted by Gasteiger charge is 1.64. The van der Waals surface area contributed by atoms with Gasteiger partial charge in [0, 0.05) is 5.57 Å². The van der Waals surface area contributed by atoms with Crippen LogP contribution in [0.3, 0.4) is 0 Å². The van der Waals surface area contributed by atoms with Gasteiger partial charge < -0.3 is 0 Å². The topological polar surface area (TPSA) is 23.8 Å². The highest BCUT2D eigenvalue weighted by molar-refractivity contribution is 5.11. The Kier molecular flexibility index (Phi) is 12.2. The van der Waals surface area contributed by atoms with Crippen LogP contribution >= 0.6 is 0 Å². The molecule has 0 aliphatic rings. The van der Waals surface area contributed by atoms with Gasteiger partial charge in [0.05, 0.1) is 6.07 Å². The first-order chi connectivity index (χ1) is 3.68. The molecule has 0 aromatic rings. The molecule has 1 heteroatoms. The van der Waals surface area contributed by atoms with Gasteiger partial charge in [-0.25, -0.2) is 0 Å². The Bertz CT molecular complexity index is 87.1. The normalized spacial score (nSPS) is 5.75. The van der Waals surface area contributed by atoms with E-state index in [1.165, 1.54) is 6.42 Å². The van der Waals surface area contributed by atoms with Crippen LogP contribution in [0.5, 0.6) is 0 Å². The van der Waals surface area contributed by atoms with Crippen LogP contribution in [0.1, 0.15) is 27.2 Å². The summed E-state index contributed by atoms with van der Waals surface area (Å²) in [5.74, 6) is 0. The lowest BCUT2D eigenvalue weighted by atomic mass is 10.4. The van der Waals surface area contributed by atoms with E-state index in [9.17, 15) is 0 Å². The molecule has 0 spiro atoms. The molecule has 46 valence electrons. The molecule has 0 rings (SSSR count). The fraction of sp³-hybridized carbons (Fsp3) is 0.571. The largest absolute Gasteiger partial charge is 0.193 e. The van der Waals surface area contributed by atoms with Crippen molar-refractivity contribution in [2.45, 2.75) is 27.2 Å². The van der Waals surface area contributed by atoms with E-state index in [2.05, 4.69) is 20.4 Å². The SMILES string of the molecule is C=C(C)C#N.CCC. The maximum atomic E-state index is 7.79. The van der Waals surface area contributed by atoms with Crippen molar-refractivity contribution in [3.63, 3.8) is 0 Å². The molecule has 0 N–H and O–H groups in total. The van der Waals surface area contributed by atoms with Crippen LogP contribution in [0, 0.1) is 11.3 Å². The van der Waals surface area contributed by atoms with E-state index in [4.69, 9.17) is 5.26 Å². The lowest BCUT2D eigenvalue weighted by Gasteiger charge is -1.61. The van der Waals surface area contributed by atoms with Crippen molar-refractivity contribution >= 4 is 0 Å². The molecular weight excluding hydrogens is 98.1 g/mol. The Morgan fingerprint density at radius 3 is 1.75 bits per heavy atom. The summed E-state index contributed by atoms with van der Waals surface area (Å²) >= 11 is 0. The third kappa shape index (κ3) is 61.9. The van der Waals surface area contributed by atoms with Crippen molar-refractivity contribution in [2.24, 2.45) is 0 Å². The summed E-state index contributed by atoms with van der Waals surface area (Å²) in [5.41, 5.74) is 0.560. The van der Waals surface area contributed by atoms with E-state index < -0.39 is 0 Å². The van der Waals surface area contributed by atoms with Crippen LogP contribution < -0.4 is 0 Å². The van der Waals surface area contributed by atoms with Crippen LogP contribution in [0.4, 0.5) is 0 Å². The van der Waals surface area contributed by atoms with E-state index in [1.54, 1.807) is 6.92 Å². The van der Waals surface area contributed by atoms with E-state index in [1.807, 2.05) is 6.07 Å². The van der Waals surface area contributed by atoms with E-state index in [-0.39, 0.29) is 0 Å². The van der Waals surface area contributed by atoms with Crippen molar-refractivity contribution in [2.75, 3.05) is 0 Å². The summed E-state index contributed by atoms with van der Waals surface area (Å²) in [6.07, 6.45) is 1.25. The number of hydrogen-bond donors (Lipinski definition) is 0. The van der Waals surface area contributed by atoms with Crippen LogP contribution in [0.2, 0.25) is 0 Å². The molecule has 0 bridgehead atoms. The molecule has 0 saturated heterocycles. The summed E-state index contributed by atoms with van der Waals surface area (Å²) < 4.78 is 0. The van der Waals surface area contributed by atoms with Gasteiger partial charge in [-0.2, -0.15) is 5.26 Å². The van der Waals surface area contributed by atoms with Crippen LogP contribution in [-0.4, -0.2) is 0 Å². The number of allylic oxidation sites excluding steroid dienone is 1. The fourth-order valence-corrected chi connectivity index (χ4v) is 0. The third-order valence-electron chi connectivity index (χ3n) is 0.191. The Balaban J connectivity index is 0. The zero-order valence-corrected chi connectivity index (χ0v) is 5.86. The van der Waals surface area contributed by atoms with Crippen molar-refractivity contribution in [1.82, 2.24) is 0 Å². The Labute approximate surface area is 51.6 Å². The quantitative estimate of drug-likeness (QED) is 0.440. The molecular formula is C7H13N. The molecule has 1 nitrogen and oxygen atoms in total. The number of nitriles is 1. The first kappa shape index (κ1) is 10.3. The lowest BCUT2D eigenvalue weighted by Crippen LogP contribution is -1.51. The predicted molar refractivity (Wildman–Crippen MR) is 36.4 cm³/mol. The summed E-state index contributed by atoms with van der Waals surface area (Å²) in [6, 6.07) is 1.83. The smallest absolute Gasteiger partial charge is 0.0937 e. The zero-order valence-electron chi connectivity index (χ0n) is 5.86. The van der Waals surface area contributed by atoms with Gasteiger partial charge in [0.25, 0.3) is 0 Å². The van der Waals surface area contributed by atoms with Gasteiger partial charge in [-0.3, -0.25) is 0 Å². The fourth-order valence-electron chi connectivity index (χ4n) is 0. The zero-order chi connectivity index (χ0) is 6.99. The summed E-state index contributed by atoms with van der Waals surface area (Å²) in [7, 11) is 0. The first-order valence-electron chi connectivity index (χ1n) is 2.74. The highest BCUT2D eigenvalue weighted by Crippen LogP contribution is 1.74. The van der Waals surface area contributed by atoms with Crippen LogP contribution in [-0.2, 0) is 0 Å². The molecule has 0 aromatic heterocycles. The molecule has 8 heavy (non-hydrogen) atoms. The van der Waals surface area contributed by atoms with Gasteiger partial charge in [-0.05, 0) is 6.92 Å². The number of nitrogens with zero attached hydrogens (tertiary/aromatic N) is 1. The second kappa shape index (κ2) is 9.52. The Hall–Kier alpha value is -0.770. The average Bonchev–Trinajstić information content (AvgIpc) is 1.69. The van der Waals surface area contributed by atoms with Crippen molar-refractivity contribution in [3.8, 4) is 6.07 Å². The molecule has 0 unspecified atom stereocenters. The lowest BCUT2D eigenvalue weighted by molar-refractivity contribution is 1.09. The predicted octanol–water partition coefficient (Wildman–Crippen LogP) is 2.50. The summed E-state index contributed by atoms with van der Waals surface area (Å²) in [4.78, 5) is 0. The number of rotatable bonds is 0. The molecule has 0 heterocycles. The minimum Gasteiger partial charge on any atom is -0.193 e. The first-order valence-corrected chi connectivity index (χ1v) is 2.74. The average molecular weight is 111 g/mol. The molecule has 0 saturated carbocycles. The van der Waals surface area contributed by atoms with Crippen molar-refractivity contribution in [1.29, 1.82) is 5.26 Å². The molecule has 0 amide bonds. The van der Waals surface area contributed by atoms with Crippen LogP contribution in [0.15, 0.2) is 12.2 Å². The minimum absolute atomic E-state index is 0.560. The maximum Gasteiger partial charge on any atom is 0.0937 e. The second-order valence-electron chi connectivity index (χ2n) is 1.60. The molecule has 0 fully saturated rings. The van der Waals surface area contributed by atoms with Crippen LogP contribution in [0.25, 0.3) is 0 Å². The van der Waals surface area contributed by atoms with E-state index >= 15 is 0 Å². The number of hydrogen-bond acceptors (Lipinski definition) is 1. The van der Waals surface area contributed by atoms with E-state index in [0.29, 0.717) is 5.57 Å². The van der Waals surface area contributed by atoms with Crippen molar-refractivity contribution in [3.05, 3.63) is 12.2 Å².